The topological polar surface area (TPSA) is 63.7 Å². The molecule has 1 aromatic carbocycles. The van der Waals surface area contributed by atoms with Crippen LogP contribution in [0.1, 0.15) is 30.9 Å². The SMILES string of the molecule is CCOC(=O)C1(Cc2ccccc2C)CCCN(S(=O)(=O)c2ccsc2)C1. The summed E-state index contributed by atoms with van der Waals surface area (Å²) in [6.07, 6.45) is 1.73. The molecule has 7 heteroatoms. The van der Waals surface area contributed by atoms with Crippen molar-refractivity contribution >= 4 is 27.3 Å². The fraction of sp³-hybridized carbons (Fsp3) is 0.450. The van der Waals surface area contributed by atoms with Crippen LogP contribution in [0.5, 0.6) is 0 Å². The zero-order valence-corrected chi connectivity index (χ0v) is 17.3. The van der Waals surface area contributed by atoms with Crippen molar-refractivity contribution in [2.75, 3.05) is 19.7 Å². The number of sulfonamides is 1. The standard InChI is InChI=1S/C20H25NO4S2/c1-3-25-19(22)20(13-17-8-5-4-7-16(17)2)10-6-11-21(15-20)27(23,24)18-9-12-26-14-18/h4-5,7-9,12,14H,3,6,10-11,13,15H2,1-2H3. The van der Waals surface area contributed by atoms with Crippen molar-refractivity contribution in [1.82, 2.24) is 4.31 Å². The maximum atomic E-state index is 13.0. The summed E-state index contributed by atoms with van der Waals surface area (Å²) in [5.41, 5.74) is 1.29. The number of carbonyl (C=O) groups excluding carboxylic acids is 1. The number of aryl methyl sites for hydroxylation is 1. The summed E-state index contributed by atoms with van der Waals surface area (Å²) in [5.74, 6) is -0.307. The highest BCUT2D eigenvalue weighted by Gasteiger charge is 2.46. The minimum Gasteiger partial charge on any atom is -0.466 e. The Morgan fingerprint density at radius 3 is 2.74 bits per heavy atom. The molecule has 0 amide bonds. The fourth-order valence-corrected chi connectivity index (χ4v) is 6.26. The van der Waals surface area contributed by atoms with E-state index < -0.39 is 15.4 Å². The van der Waals surface area contributed by atoms with Gasteiger partial charge in [-0.2, -0.15) is 15.6 Å². The van der Waals surface area contributed by atoms with Gasteiger partial charge in [-0.15, -0.1) is 0 Å². The van der Waals surface area contributed by atoms with E-state index in [-0.39, 0.29) is 19.1 Å². The van der Waals surface area contributed by atoms with Gasteiger partial charge < -0.3 is 4.74 Å². The Labute approximate surface area is 165 Å². The first-order valence-electron chi connectivity index (χ1n) is 9.13. The lowest BCUT2D eigenvalue weighted by Gasteiger charge is -2.40. The fourth-order valence-electron chi connectivity index (χ4n) is 3.68. The van der Waals surface area contributed by atoms with Gasteiger partial charge in [0.15, 0.2) is 0 Å². The van der Waals surface area contributed by atoms with E-state index in [2.05, 4.69) is 0 Å². The normalized spacial score (nSPS) is 21.1. The highest BCUT2D eigenvalue weighted by atomic mass is 32.2. The summed E-state index contributed by atoms with van der Waals surface area (Å²) >= 11 is 1.35. The Morgan fingerprint density at radius 1 is 1.30 bits per heavy atom. The quantitative estimate of drug-likeness (QED) is 0.686. The van der Waals surface area contributed by atoms with Crippen LogP contribution in [-0.4, -0.2) is 38.4 Å². The minimum atomic E-state index is -3.60. The van der Waals surface area contributed by atoms with Gasteiger partial charge in [0.05, 0.1) is 16.9 Å². The van der Waals surface area contributed by atoms with Gasteiger partial charge in [0.2, 0.25) is 10.0 Å². The van der Waals surface area contributed by atoms with Crippen molar-refractivity contribution in [3.63, 3.8) is 0 Å². The van der Waals surface area contributed by atoms with E-state index in [4.69, 9.17) is 4.74 Å². The summed E-state index contributed by atoms with van der Waals surface area (Å²) in [5, 5.41) is 3.39. The largest absolute Gasteiger partial charge is 0.466 e. The van der Waals surface area contributed by atoms with Gasteiger partial charge in [-0.25, -0.2) is 8.42 Å². The van der Waals surface area contributed by atoms with Crippen LogP contribution in [0.4, 0.5) is 0 Å². The number of hydrogen-bond acceptors (Lipinski definition) is 5. The number of benzene rings is 1. The van der Waals surface area contributed by atoms with E-state index in [0.29, 0.717) is 30.7 Å². The van der Waals surface area contributed by atoms with E-state index in [9.17, 15) is 13.2 Å². The van der Waals surface area contributed by atoms with Crippen LogP contribution in [0.25, 0.3) is 0 Å². The number of nitrogens with zero attached hydrogens (tertiary/aromatic N) is 1. The lowest BCUT2D eigenvalue weighted by atomic mass is 9.75. The molecule has 0 N–H and O–H groups in total. The second-order valence-corrected chi connectivity index (χ2v) is 9.72. The van der Waals surface area contributed by atoms with Gasteiger partial charge in [0, 0.05) is 18.5 Å². The third-order valence-electron chi connectivity index (χ3n) is 5.17. The van der Waals surface area contributed by atoms with Crippen LogP contribution in [0.15, 0.2) is 46.0 Å². The van der Waals surface area contributed by atoms with Gasteiger partial charge in [-0.1, -0.05) is 24.3 Å². The van der Waals surface area contributed by atoms with Crippen LogP contribution in [0.2, 0.25) is 0 Å². The molecular weight excluding hydrogens is 382 g/mol. The average molecular weight is 408 g/mol. The number of rotatable bonds is 6. The highest BCUT2D eigenvalue weighted by Crippen LogP contribution is 2.38. The molecule has 1 aliphatic rings. The van der Waals surface area contributed by atoms with Crippen molar-refractivity contribution in [3.05, 3.63) is 52.2 Å². The Kier molecular flexibility index (Phi) is 6.03. The lowest BCUT2D eigenvalue weighted by molar-refractivity contribution is -0.157. The minimum absolute atomic E-state index is 0.151. The number of ether oxygens (including phenoxy) is 1. The number of piperidine rings is 1. The zero-order valence-electron chi connectivity index (χ0n) is 15.7. The van der Waals surface area contributed by atoms with E-state index >= 15 is 0 Å². The third kappa shape index (κ3) is 4.10. The molecule has 1 aromatic heterocycles. The highest BCUT2D eigenvalue weighted by molar-refractivity contribution is 7.89. The Bertz CT molecular complexity index is 892. The van der Waals surface area contributed by atoms with Crippen LogP contribution < -0.4 is 0 Å². The van der Waals surface area contributed by atoms with E-state index in [1.165, 1.54) is 15.6 Å². The smallest absolute Gasteiger partial charge is 0.313 e. The van der Waals surface area contributed by atoms with Crippen LogP contribution in [0.3, 0.4) is 0 Å². The Balaban J connectivity index is 1.95. The van der Waals surface area contributed by atoms with Gasteiger partial charge in [-0.05, 0) is 55.7 Å². The number of hydrogen-bond donors (Lipinski definition) is 0. The Morgan fingerprint density at radius 2 is 2.07 bits per heavy atom. The second-order valence-electron chi connectivity index (χ2n) is 7.01. The van der Waals surface area contributed by atoms with Crippen molar-refractivity contribution < 1.29 is 17.9 Å². The summed E-state index contributed by atoms with van der Waals surface area (Å²) in [6.45, 7) is 4.65. The summed E-state index contributed by atoms with van der Waals surface area (Å²) < 4.78 is 32.9. The summed E-state index contributed by atoms with van der Waals surface area (Å²) in [4.78, 5) is 13.2. The first kappa shape index (κ1) is 20.0. The molecule has 0 aliphatic carbocycles. The average Bonchev–Trinajstić information content (AvgIpc) is 3.20. The van der Waals surface area contributed by atoms with Crippen molar-refractivity contribution in [2.24, 2.45) is 5.41 Å². The van der Waals surface area contributed by atoms with Crippen LogP contribution in [0, 0.1) is 12.3 Å². The van der Waals surface area contributed by atoms with Crippen molar-refractivity contribution in [3.8, 4) is 0 Å². The molecule has 1 fully saturated rings. The molecule has 146 valence electrons. The predicted octanol–water partition coefficient (Wildman–Crippen LogP) is 3.63. The lowest BCUT2D eigenvalue weighted by Crippen LogP contribution is -2.51. The molecule has 1 saturated heterocycles. The van der Waals surface area contributed by atoms with E-state index in [1.54, 1.807) is 23.8 Å². The first-order valence-corrected chi connectivity index (χ1v) is 11.5. The zero-order chi connectivity index (χ0) is 19.5. The Hall–Kier alpha value is -1.70. The molecule has 0 bridgehead atoms. The van der Waals surface area contributed by atoms with Gasteiger partial charge in [0.1, 0.15) is 0 Å². The van der Waals surface area contributed by atoms with Gasteiger partial charge >= 0.3 is 5.97 Å². The molecule has 1 atom stereocenters. The maximum Gasteiger partial charge on any atom is 0.313 e. The third-order valence-corrected chi connectivity index (χ3v) is 7.85. The molecule has 2 heterocycles. The molecule has 1 unspecified atom stereocenters. The maximum absolute atomic E-state index is 13.0. The number of carbonyl (C=O) groups is 1. The molecule has 2 aromatic rings. The van der Waals surface area contributed by atoms with Crippen LogP contribution in [-0.2, 0) is 26.0 Å². The molecule has 0 radical (unpaired) electrons. The monoisotopic (exact) mass is 407 g/mol. The predicted molar refractivity (Wildman–Crippen MR) is 106 cm³/mol. The summed E-state index contributed by atoms with van der Waals surface area (Å²) in [7, 11) is -3.60. The van der Waals surface area contributed by atoms with Crippen molar-refractivity contribution in [1.29, 1.82) is 0 Å². The second kappa shape index (κ2) is 8.12. The van der Waals surface area contributed by atoms with Crippen molar-refractivity contribution in [2.45, 2.75) is 38.0 Å². The van der Waals surface area contributed by atoms with Crippen LogP contribution >= 0.6 is 11.3 Å². The van der Waals surface area contributed by atoms with E-state index in [1.807, 2.05) is 31.2 Å². The summed E-state index contributed by atoms with van der Waals surface area (Å²) in [6, 6.07) is 9.54. The first-order chi connectivity index (χ1) is 12.9. The molecular formula is C20H25NO4S2. The van der Waals surface area contributed by atoms with Gasteiger partial charge in [0.25, 0.3) is 0 Å². The number of esters is 1. The molecule has 3 rings (SSSR count). The molecule has 0 saturated carbocycles. The van der Waals surface area contributed by atoms with E-state index in [0.717, 1.165) is 11.1 Å². The molecule has 5 nitrogen and oxygen atoms in total. The van der Waals surface area contributed by atoms with Gasteiger partial charge in [-0.3, -0.25) is 4.79 Å². The molecule has 0 spiro atoms. The molecule has 1 aliphatic heterocycles. The molecule has 27 heavy (non-hydrogen) atoms. The number of thiophene rings is 1.